The molecule has 142 valence electrons. The van der Waals surface area contributed by atoms with Gasteiger partial charge in [-0.25, -0.2) is 4.98 Å². The SMILES string of the molecule is O=C(Nc1ccc(-c2nccs2)cc1)C1CC(=O)N(CCc2ccccc2)C1. The standard InChI is InChI=1S/C22H21N3O2S/c26-20-14-18(15-25(20)12-10-16-4-2-1-3-5-16)21(27)24-19-8-6-17(7-9-19)22-23-11-13-28-22/h1-9,11,13,18H,10,12,14-15H2,(H,24,27). The van der Waals surface area contributed by atoms with Gasteiger partial charge in [0, 0.05) is 42.3 Å². The maximum Gasteiger partial charge on any atom is 0.229 e. The molecule has 2 aromatic carbocycles. The van der Waals surface area contributed by atoms with Crippen LogP contribution in [0.5, 0.6) is 0 Å². The van der Waals surface area contributed by atoms with E-state index in [1.807, 2.05) is 47.8 Å². The van der Waals surface area contributed by atoms with Crippen molar-refractivity contribution in [3.8, 4) is 10.6 Å². The van der Waals surface area contributed by atoms with Gasteiger partial charge >= 0.3 is 0 Å². The van der Waals surface area contributed by atoms with Gasteiger partial charge in [0.05, 0.1) is 5.92 Å². The van der Waals surface area contributed by atoms with Crippen LogP contribution in [-0.4, -0.2) is 34.8 Å². The Morgan fingerprint density at radius 3 is 2.64 bits per heavy atom. The van der Waals surface area contributed by atoms with Crippen molar-refractivity contribution in [3.05, 3.63) is 71.7 Å². The van der Waals surface area contributed by atoms with Gasteiger partial charge in [0.25, 0.3) is 0 Å². The van der Waals surface area contributed by atoms with Crippen LogP contribution in [0.2, 0.25) is 0 Å². The Kier molecular flexibility index (Phi) is 5.48. The average Bonchev–Trinajstić information content (AvgIpc) is 3.38. The number of nitrogens with one attached hydrogen (secondary N) is 1. The van der Waals surface area contributed by atoms with Crippen molar-refractivity contribution in [2.45, 2.75) is 12.8 Å². The predicted molar refractivity (Wildman–Crippen MR) is 111 cm³/mol. The molecule has 1 atom stereocenters. The van der Waals surface area contributed by atoms with E-state index in [9.17, 15) is 9.59 Å². The summed E-state index contributed by atoms with van der Waals surface area (Å²) in [6.45, 7) is 1.13. The summed E-state index contributed by atoms with van der Waals surface area (Å²) < 4.78 is 0. The van der Waals surface area contributed by atoms with E-state index in [1.165, 1.54) is 5.56 Å². The van der Waals surface area contributed by atoms with Crippen molar-refractivity contribution in [1.82, 2.24) is 9.88 Å². The second kappa shape index (κ2) is 8.35. The molecule has 1 fully saturated rings. The van der Waals surface area contributed by atoms with Crippen molar-refractivity contribution in [2.75, 3.05) is 18.4 Å². The van der Waals surface area contributed by atoms with Gasteiger partial charge in [-0.05, 0) is 36.2 Å². The lowest BCUT2D eigenvalue weighted by Gasteiger charge is -2.16. The fourth-order valence-corrected chi connectivity index (χ4v) is 4.02. The van der Waals surface area contributed by atoms with Gasteiger partial charge in [-0.3, -0.25) is 9.59 Å². The normalized spacial score (nSPS) is 16.4. The minimum atomic E-state index is -0.304. The molecule has 4 rings (SSSR count). The second-order valence-corrected chi connectivity index (χ2v) is 7.77. The van der Waals surface area contributed by atoms with Crippen molar-refractivity contribution in [3.63, 3.8) is 0 Å². The first-order valence-electron chi connectivity index (χ1n) is 9.31. The van der Waals surface area contributed by atoms with Crippen LogP contribution < -0.4 is 5.32 Å². The third-order valence-electron chi connectivity index (χ3n) is 4.93. The summed E-state index contributed by atoms with van der Waals surface area (Å²) >= 11 is 1.58. The lowest BCUT2D eigenvalue weighted by Crippen LogP contribution is -2.30. The summed E-state index contributed by atoms with van der Waals surface area (Å²) in [5.41, 5.74) is 2.96. The van der Waals surface area contributed by atoms with Crippen LogP contribution in [0.15, 0.2) is 66.2 Å². The Labute approximate surface area is 168 Å². The fraction of sp³-hybridized carbons (Fsp3) is 0.227. The van der Waals surface area contributed by atoms with Gasteiger partial charge in [0.15, 0.2) is 0 Å². The number of rotatable bonds is 6. The molecule has 1 aliphatic rings. The average molecular weight is 391 g/mol. The van der Waals surface area contributed by atoms with Gasteiger partial charge in [0.2, 0.25) is 11.8 Å². The Balaban J connectivity index is 1.32. The molecule has 2 amide bonds. The number of hydrogen-bond donors (Lipinski definition) is 1. The minimum Gasteiger partial charge on any atom is -0.342 e. The molecule has 3 aromatic rings. The number of benzene rings is 2. The van der Waals surface area contributed by atoms with E-state index in [2.05, 4.69) is 22.4 Å². The van der Waals surface area contributed by atoms with Crippen LogP contribution in [0.1, 0.15) is 12.0 Å². The number of carbonyl (C=O) groups excluding carboxylic acids is 2. The zero-order valence-electron chi connectivity index (χ0n) is 15.4. The Morgan fingerprint density at radius 1 is 1.14 bits per heavy atom. The van der Waals surface area contributed by atoms with Gasteiger partial charge in [-0.1, -0.05) is 30.3 Å². The second-order valence-electron chi connectivity index (χ2n) is 6.88. The highest BCUT2D eigenvalue weighted by molar-refractivity contribution is 7.13. The molecule has 0 bridgehead atoms. The molecule has 1 saturated heterocycles. The smallest absolute Gasteiger partial charge is 0.229 e. The van der Waals surface area contributed by atoms with E-state index in [4.69, 9.17) is 0 Å². The molecular formula is C22H21N3O2S. The summed E-state index contributed by atoms with van der Waals surface area (Å²) in [5.74, 6) is -0.352. The van der Waals surface area contributed by atoms with Crippen LogP contribution in [0.4, 0.5) is 5.69 Å². The molecule has 0 saturated carbocycles. The first-order chi connectivity index (χ1) is 13.7. The summed E-state index contributed by atoms with van der Waals surface area (Å²) in [6.07, 6.45) is 2.85. The Morgan fingerprint density at radius 2 is 1.93 bits per heavy atom. The van der Waals surface area contributed by atoms with Gasteiger partial charge in [-0.2, -0.15) is 0 Å². The van der Waals surface area contributed by atoms with Crippen LogP contribution in [0.3, 0.4) is 0 Å². The number of anilines is 1. The van der Waals surface area contributed by atoms with Crippen molar-refractivity contribution < 1.29 is 9.59 Å². The fourth-order valence-electron chi connectivity index (χ4n) is 3.38. The molecule has 6 heteroatoms. The Bertz CT molecular complexity index is 940. The zero-order valence-corrected chi connectivity index (χ0v) is 16.2. The zero-order chi connectivity index (χ0) is 19.3. The summed E-state index contributed by atoms with van der Waals surface area (Å²) in [6, 6.07) is 17.7. The van der Waals surface area contributed by atoms with Crippen LogP contribution in [-0.2, 0) is 16.0 Å². The van der Waals surface area contributed by atoms with Crippen molar-refractivity contribution in [2.24, 2.45) is 5.92 Å². The van der Waals surface area contributed by atoms with Crippen molar-refractivity contribution in [1.29, 1.82) is 0 Å². The molecule has 1 unspecified atom stereocenters. The highest BCUT2D eigenvalue weighted by atomic mass is 32.1. The molecule has 1 aliphatic heterocycles. The number of carbonyl (C=O) groups is 2. The molecule has 0 spiro atoms. The first kappa shape index (κ1) is 18.4. The lowest BCUT2D eigenvalue weighted by molar-refractivity contribution is -0.128. The molecule has 1 N–H and O–H groups in total. The quantitative estimate of drug-likeness (QED) is 0.694. The van der Waals surface area contributed by atoms with Crippen LogP contribution in [0, 0.1) is 5.92 Å². The van der Waals surface area contributed by atoms with Gasteiger partial charge in [0.1, 0.15) is 5.01 Å². The highest BCUT2D eigenvalue weighted by Gasteiger charge is 2.34. The van der Waals surface area contributed by atoms with Crippen LogP contribution in [0.25, 0.3) is 10.6 Å². The molecule has 2 heterocycles. The van der Waals surface area contributed by atoms with E-state index >= 15 is 0 Å². The lowest BCUT2D eigenvalue weighted by atomic mass is 10.1. The number of thiazole rings is 1. The maximum atomic E-state index is 12.6. The topological polar surface area (TPSA) is 62.3 Å². The van der Waals surface area contributed by atoms with Gasteiger partial charge in [-0.15, -0.1) is 11.3 Å². The van der Waals surface area contributed by atoms with Gasteiger partial charge < -0.3 is 10.2 Å². The molecule has 1 aromatic heterocycles. The van der Waals surface area contributed by atoms with E-state index in [0.29, 0.717) is 13.1 Å². The number of likely N-dealkylation sites (tertiary alicyclic amines) is 1. The molecule has 0 radical (unpaired) electrons. The van der Waals surface area contributed by atoms with Crippen molar-refractivity contribution >= 4 is 28.8 Å². The maximum absolute atomic E-state index is 12.6. The summed E-state index contributed by atoms with van der Waals surface area (Å²) in [5, 5.41) is 5.82. The predicted octanol–water partition coefficient (Wildman–Crippen LogP) is 3.84. The number of aromatic nitrogens is 1. The highest BCUT2D eigenvalue weighted by Crippen LogP contribution is 2.24. The molecule has 5 nitrogen and oxygen atoms in total. The van der Waals surface area contributed by atoms with E-state index in [-0.39, 0.29) is 24.2 Å². The number of amides is 2. The third-order valence-corrected chi connectivity index (χ3v) is 5.75. The molecule has 0 aliphatic carbocycles. The molecular weight excluding hydrogens is 370 g/mol. The largest absolute Gasteiger partial charge is 0.342 e. The van der Waals surface area contributed by atoms with E-state index in [1.54, 1.807) is 22.4 Å². The minimum absolute atomic E-state index is 0.0511. The van der Waals surface area contributed by atoms with E-state index in [0.717, 1.165) is 22.7 Å². The summed E-state index contributed by atoms with van der Waals surface area (Å²) in [7, 11) is 0. The first-order valence-corrected chi connectivity index (χ1v) is 10.2. The van der Waals surface area contributed by atoms with E-state index < -0.39 is 0 Å². The monoisotopic (exact) mass is 391 g/mol. The number of hydrogen-bond acceptors (Lipinski definition) is 4. The third kappa shape index (κ3) is 4.28. The number of nitrogens with zero attached hydrogens (tertiary/aromatic N) is 2. The Hall–Kier alpha value is -2.99. The summed E-state index contributed by atoms with van der Waals surface area (Å²) in [4.78, 5) is 31.0. The molecule has 28 heavy (non-hydrogen) atoms. The van der Waals surface area contributed by atoms with Crippen LogP contribution >= 0.6 is 11.3 Å².